The van der Waals surface area contributed by atoms with E-state index in [-0.39, 0.29) is 25.4 Å². The molecule has 0 saturated heterocycles. The molecular formula is C18H29BrN3O5P. The monoisotopic (exact) mass is 477 g/mol. The van der Waals surface area contributed by atoms with Gasteiger partial charge in [0.15, 0.2) is 0 Å². The molecule has 0 heterocycles. The molecule has 158 valence electrons. The lowest BCUT2D eigenvalue weighted by Gasteiger charge is -2.25. The highest BCUT2D eigenvalue weighted by molar-refractivity contribution is 9.10. The summed E-state index contributed by atoms with van der Waals surface area (Å²) in [5, 5.41) is 7.96. The van der Waals surface area contributed by atoms with E-state index in [1.54, 1.807) is 38.1 Å². The second-order valence-electron chi connectivity index (χ2n) is 6.11. The molecule has 8 nitrogen and oxygen atoms in total. The summed E-state index contributed by atoms with van der Waals surface area (Å²) >= 11 is 3.33. The number of urea groups is 1. The molecule has 0 aromatic heterocycles. The van der Waals surface area contributed by atoms with Crippen LogP contribution in [-0.4, -0.2) is 37.5 Å². The van der Waals surface area contributed by atoms with Gasteiger partial charge >= 0.3 is 13.6 Å². The van der Waals surface area contributed by atoms with Gasteiger partial charge in [-0.05, 0) is 44.0 Å². The minimum atomic E-state index is -3.41. The first-order valence-electron chi connectivity index (χ1n) is 9.23. The van der Waals surface area contributed by atoms with Crippen LogP contribution in [0.1, 0.15) is 34.1 Å². The third-order valence-corrected chi connectivity index (χ3v) is 6.36. The van der Waals surface area contributed by atoms with Gasteiger partial charge in [-0.15, -0.1) is 0 Å². The maximum absolute atomic E-state index is 12.6. The first-order chi connectivity index (χ1) is 13.2. The average Bonchev–Trinajstić information content (AvgIpc) is 2.66. The zero-order valence-electron chi connectivity index (χ0n) is 16.7. The van der Waals surface area contributed by atoms with Crippen molar-refractivity contribution in [2.75, 3.05) is 24.8 Å². The first-order valence-corrected chi connectivity index (χ1v) is 11.8. The number of rotatable bonds is 11. The highest BCUT2D eigenvalue weighted by atomic mass is 79.9. The Balaban J connectivity index is 2.75. The summed E-state index contributed by atoms with van der Waals surface area (Å²) in [7, 11) is -3.41. The van der Waals surface area contributed by atoms with Crippen LogP contribution in [0.25, 0.3) is 0 Å². The van der Waals surface area contributed by atoms with E-state index in [0.717, 1.165) is 4.47 Å². The predicted molar refractivity (Wildman–Crippen MR) is 113 cm³/mol. The summed E-state index contributed by atoms with van der Waals surface area (Å²) in [5.41, 5.74) is 0.598. The number of anilines is 1. The van der Waals surface area contributed by atoms with Gasteiger partial charge in [-0.25, -0.2) is 4.79 Å². The maximum atomic E-state index is 12.6. The lowest BCUT2D eigenvalue weighted by Crippen LogP contribution is -2.51. The molecule has 3 amide bonds. The van der Waals surface area contributed by atoms with E-state index in [2.05, 4.69) is 31.9 Å². The fourth-order valence-corrected chi connectivity index (χ4v) is 4.01. The number of hydrogen-bond acceptors (Lipinski definition) is 5. The van der Waals surface area contributed by atoms with Gasteiger partial charge in [-0.1, -0.05) is 36.2 Å². The summed E-state index contributed by atoms with van der Waals surface area (Å²) in [4.78, 5) is 25.0. The molecule has 0 aliphatic carbocycles. The molecule has 28 heavy (non-hydrogen) atoms. The van der Waals surface area contributed by atoms with Crippen molar-refractivity contribution in [3.8, 4) is 0 Å². The van der Waals surface area contributed by atoms with Crippen molar-refractivity contribution >= 4 is 41.2 Å². The lowest BCUT2D eigenvalue weighted by atomic mass is 9.98. The number of carbonyl (C=O) groups excluding carboxylic acids is 2. The summed E-state index contributed by atoms with van der Waals surface area (Å²) in [6, 6.07) is 5.78. The van der Waals surface area contributed by atoms with Crippen LogP contribution in [0.3, 0.4) is 0 Å². The van der Waals surface area contributed by atoms with Crippen molar-refractivity contribution in [2.24, 2.45) is 5.92 Å². The fraction of sp³-hybridized carbons (Fsp3) is 0.556. The molecule has 10 heteroatoms. The van der Waals surface area contributed by atoms with Crippen LogP contribution in [0.5, 0.6) is 0 Å². The van der Waals surface area contributed by atoms with Crippen LogP contribution >= 0.6 is 23.5 Å². The highest BCUT2D eigenvalue weighted by Crippen LogP contribution is 2.46. The van der Waals surface area contributed by atoms with Crippen molar-refractivity contribution in [3.05, 3.63) is 28.7 Å². The van der Waals surface area contributed by atoms with Crippen LogP contribution in [0, 0.1) is 5.92 Å². The Morgan fingerprint density at radius 2 is 1.68 bits per heavy atom. The summed E-state index contributed by atoms with van der Waals surface area (Å²) < 4.78 is 23.7. The quantitative estimate of drug-likeness (QED) is 0.411. The molecule has 0 bridgehead atoms. The van der Waals surface area contributed by atoms with Gasteiger partial charge in [0.2, 0.25) is 5.91 Å². The van der Waals surface area contributed by atoms with Gasteiger partial charge in [-0.2, -0.15) is 0 Å². The minimum Gasteiger partial charge on any atom is -0.343 e. The van der Waals surface area contributed by atoms with Gasteiger partial charge in [0.25, 0.3) is 0 Å². The van der Waals surface area contributed by atoms with E-state index in [0.29, 0.717) is 12.1 Å². The molecule has 0 saturated carbocycles. The number of halogens is 1. The van der Waals surface area contributed by atoms with Crippen LogP contribution < -0.4 is 16.0 Å². The van der Waals surface area contributed by atoms with Crippen molar-refractivity contribution in [3.63, 3.8) is 0 Å². The molecule has 0 spiro atoms. The molecule has 0 fully saturated rings. The number of hydrogen-bond donors (Lipinski definition) is 3. The van der Waals surface area contributed by atoms with Crippen LogP contribution in [0.2, 0.25) is 0 Å². The largest absolute Gasteiger partial charge is 0.349 e. The SMILES string of the molecule is CCOP(=O)(CNC(=O)C(NC(=O)Nc1ccc(Br)cc1)C(C)CC)OCC. The molecule has 1 aromatic carbocycles. The van der Waals surface area contributed by atoms with Gasteiger partial charge in [-0.3, -0.25) is 9.36 Å². The third-order valence-electron chi connectivity index (χ3n) is 3.98. The summed E-state index contributed by atoms with van der Waals surface area (Å²) in [5.74, 6) is -0.575. The van der Waals surface area contributed by atoms with Crippen molar-refractivity contribution < 1.29 is 23.2 Å². The van der Waals surface area contributed by atoms with Gasteiger partial charge in [0.05, 0.1) is 13.2 Å². The predicted octanol–water partition coefficient (Wildman–Crippen LogP) is 4.33. The zero-order valence-corrected chi connectivity index (χ0v) is 19.1. The van der Waals surface area contributed by atoms with E-state index in [1.165, 1.54) is 0 Å². The lowest BCUT2D eigenvalue weighted by molar-refractivity contribution is -0.123. The summed E-state index contributed by atoms with van der Waals surface area (Å²) in [6.07, 6.45) is 0.418. The van der Waals surface area contributed by atoms with Crippen LogP contribution in [0.15, 0.2) is 28.7 Å². The third kappa shape index (κ3) is 8.31. The molecule has 1 rings (SSSR count). The molecule has 2 unspecified atom stereocenters. The first kappa shape index (κ1) is 24.6. The Hall–Kier alpha value is -1.41. The molecule has 0 radical (unpaired) electrons. The standard InChI is InChI=1S/C18H29BrN3O5P/c1-5-13(4)16(17(23)20-12-28(25,26-6-2)27-7-3)22-18(24)21-15-10-8-14(19)9-11-15/h8-11,13,16H,5-7,12H2,1-4H3,(H,20,23)(H2,21,22,24). The Morgan fingerprint density at radius 1 is 1.11 bits per heavy atom. The average molecular weight is 478 g/mol. The van der Waals surface area contributed by atoms with Gasteiger partial charge in [0, 0.05) is 10.2 Å². The Labute approximate surface area is 174 Å². The van der Waals surface area contributed by atoms with Crippen molar-refractivity contribution in [1.82, 2.24) is 10.6 Å². The minimum absolute atomic E-state index is 0.130. The Morgan fingerprint density at radius 3 is 2.18 bits per heavy atom. The topological polar surface area (TPSA) is 106 Å². The maximum Gasteiger partial charge on any atom is 0.349 e. The molecule has 3 N–H and O–H groups in total. The molecule has 1 aromatic rings. The normalized spacial score (nSPS) is 13.5. The Bertz CT molecular complexity index is 676. The molecule has 0 aliphatic heterocycles. The van der Waals surface area contributed by atoms with Gasteiger partial charge in [0.1, 0.15) is 12.3 Å². The van der Waals surface area contributed by atoms with E-state index in [4.69, 9.17) is 9.05 Å². The highest BCUT2D eigenvalue weighted by Gasteiger charge is 2.30. The van der Waals surface area contributed by atoms with Crippen LogP contribution in [-0.2, 0) is 18.4 Å². The number of amides is 3. The van der Waals surface area contributed by atoms with Crippen molar-refractivity contribution in [1.29, 1.82) is 0 Å². The number of nitrogens with one attached hydrogen (secondary N) is 3. The van der Waals surface area contributed by atoms with Crippen LogP contribution in [0.4, 0.5) is 10.5 Å². The number of carbonyl (C=O) groups is 2. The second kappa shape index (κ2) is 12.2. The van der Waals surface area contributed by atoms with E-state index < -0.39 is 25.6 Å². The zero-order chi connectivity index (χ0) is 21.2. The van der Waals surface area contributed by atoms with E-state index >= 15 is 0 Å². The smallest absolute Gasteiger partial charge is 0.343 e. The fourth-order valence-electron chi connectivity index (χ4n) is 2.35. The molecule has 2 atom stereocenters. The van der Waals surface area contributed by atoms with E-state index in [9.17, 15) is 14.2 Å². The Kier molecular flexibility index (Phi) is 10.7. The van der Waals surface area contributed by atoms with E-state index in [1.807, 2.05) is 13.8 Å². The molecular weight excluding hydrogens is 449 g/mol. The summed E-state index contributed by atoms with van der Waals surface area (Å²) in [6.45, 7) is 7.58. The molecule has 0 aliphatic rings. The number of benzene rings is 1. The van der Waals surface area contributed by atoms with Crippen molar-refractivity contribution in [2.45, 2.75) is 40.2 Å². The van der Waals surface area contributed by atoms with Gasteiger partial charge < -0.3 is 25.0 Å². The second-order valence-corrected chi connectivity index (χ2v) is 9.08.